The van der Waals surface area contributed by atoms with E-state index in [2.05, 4.69) is 0 Å². The van der Waals surface area contributed by atoms with E-state index in [1.807, 2.05) is 0 Å². The highest BCUT2D eigenvalue weighted by Crippen LogP contribution is 2.46. The second-order valence-corrected chi connectivity index (χ2v) is 6.42. The Morgan fingerprint density at radius 2 is 1.77 bits per heavy atom. The van der Waals surface area contributed by atoms with Crippen LogP contribution in [0, 0.1) is 0 Å². The van der Waals surface area contributed by atoms with Gasteiger partial charge in [-0.05, 0) is 18.1 Å². The molecule has 1 aliphatic rings. The Hall–Kier alpha value is -0.840. The zero-order valence-electron chi connectivity index (χ0n) is 11.8. The second kappa shape index (κ2) is 6.34. The first-order valence-electron chi connectivity index (χ1n) is 6.42. The monoisotopic (exact) mass is 369 g/mol. The molecule has 0 aromatic heterocycles. The van der Waals surface area contributed by atoms with Crippen molar-refractivity contribution in [2.24, 2.45) is 0 Å². The Balaban J connectivity index is 2.60. The summed E-state index contributed by atoms with van der Waals surface area (Å²) in [6.07, 6.45) is -2.77. The molecule has 1 unspecified atom stereocenters. The van der Waals surface area contributed by atoms with Crippen molar-refractivity contribution >= 4 is 40.5 Å². The summed E-state index contributed by atoms with van der Waals surface area (Å²) in [6.45, 7) is 0. The molecule has 1 aromatic rings. The van der Waals surface area contributed by atoms with Gasteiger partial charge in [-0.25, -0.2) is 0 Å². The average Bonchev–Trinajstić information content (AvgIpc) is 2.42. The number of nitrogens with zero attached hydrogens (tertiary/aromatic N) is 1. The molecule has 0 aliphatic heterocycles. The minimum atomic E-state index is -4.48. The van der Waals surface area contributed by atoms with Crippen LogP contribution in [0.2, 0.25) is 0 Å². The van der Waals surface area contributed by atoms with Crippen LogP contribution in [0.1, 0.15) is 23.5 Å². The van der Waals surface area contributed by atoms with Crippen molar-refractivity contribution in [1.82, 2.24) is 0 Å². The van der Waals surface area contributed by atoms with E-state index in [1.165, 1.54) is 23.1 Å². The van der Waals surface area contributed by atoms with Crippen molar-refractivity contribution in [2.75, 3.05) is 19.0 Å². The molecule has 22 heavy (non-hydrogen) atoms. The zero-order chi connectivity index (χ0) is 16.7. The Bertz CT molecular complexity index is 648. The van der Waals surface area contributed by atoms with Gasteiger partial charge in [0.25, 0.3) is 0 Å². The molecule has 0 amide bonds. The number of anilines is 1. The lowest BCUT2D eigenvalue weighted by molar-refractivity contribution is -0.137. The molecule has 1 aromatic carbocycles. The van der Waals surface area contributed by atoms with Gasteiger partial charge in [0.05, 0.1) is 15.6 Å². The molecular formula is C15H13Cl3F3N. The van der Waals surface area contributed by atoms with E-state index in [-0.39, 0.29) is 32.8 Å². The van der Waals surface area contributed by atoms with E-state index >= 15 is 0 Å². The lowest BCUT2D eigenvalue weighted by atomic mass is 9.87. The van der Waals surface area contributed by atoms with Crippen LogP contribution in [-0.4, -0.2) is 14.1 Å². The second-order valence-electron chi connectivity index (χ2n) is 5.18. The summed E-state index contributed by atoms with van der Waals surface area (Å²) in [4.78, 5) is 1.44. The van der Waals surface area contributed by atoms with Gasteiger partial charge >= 0.3 is 6.18 Å². The molecule has 7 heteroatoms. The fourth-order valence-corrected chi connectivity index (χ4v) is 3.19. The van der Waals surface area contributed by atoms with Crippen molar-refractivity contribution in [3.63, 3.8) is 0 Å². The van der Waals surface area contributed by atoms with Gasteiger partial charge in [-0.1, -0.05) is 53.0 Å². The predicted octanol–water partition coefficient (Wildman–Crippen LogP) is 6.07. The standard InChI is InChI=1S/C15H13Cl3F3N/c1-22(2)12-5-3-4-9(13(12)15(19,20)21)8-6-10(16)14(18)11(17)7-8/h3-6,8H,7H2,1-2H3. The van der Waals surface area contributed by atoms with Crippen molar-refractivity contribution in [3.05, 3.63) is 50.5 Å². The van der Waals surface area contributed by atoms with Gasteiger partial charge in [-0.3, -0.25) is 0 Å². The highest BCUT2D eigenvalue weighted by Gasteiger charge is 2.38. The van der Waals surface area contributed by atoms with Crippen LogP contribution in [-0.2, 0) is 6.18 Å². The number of allylic oxidation sites excluding steroid dienone is 4. The third-order valence-electron chi connectivity index (χ3n) is 3.43. The molecule has 0 heterocycles. The first-order valence-corrected chi connectivity index (χ1v) is 7.55. The fourth-order valence-electron chi connectivity index (χ4n) is 2.47. The molecule has 0 N–H and O–H groups in total. The molecule has 1 aliphatic carbocycles. The third kappa shape index (κ3) is 3.39. The first kappa shape index (κ1) is 17.5. The number of benzene rings is 1. The summed E-state index contributed by atoms with van der Waals surface area (Å²) < 4.78 is 40.6. The maximum atomic E-state index is 13.5. The van der Waals surface area contributed by atoms with Crippen LogP contribution in [0.15, 0.2) is 39.4 Å². The Labute approximate surface area is 141 Å². The van der Waals surface area contributed by atoms with Gasteiger partial charge in [-0.2, -0.15) is 13.2 Å². The molecular weight excluding hydrogens is 358 g/mol. The summed E-state index contributed by atoms with van der Waals surface area (Å²) in [6, 6.07) is 4.48. The van der Waals surface area contributed by atoms with Crippen LogP contribution in [0.25, 0.3) is 0 Å². The number of alkyl halides is 3. The first-order chi connectivity index (χ1) is 10.1. The predicted molar refractivity (Wildman–Crippen MR) is 85.8 cm³/mol. The van der Waals surface area contributed by atoms with Crippen LogP contribution < -0.4 is 4.90 Å². The summed E-state index contributed by atoms with van der Waals surface area (Å²) >= 11 is 17.9. The Morgan fingerprint density at radius 3 is 2.27 bits per heavy atom. The molecule has 120 valence electrons. The van der Waals surface area contributed by atoms with Gasteiger partial charge in [0.15, 0.2) is 0 Å². The van der Waals surface area contributed by atoms with Crippen LogP contribution in [0.4, 0.5) is 18.9 Å². The maximum absolute atomic E-state index is 13.5. The quantitative estimate of drug-likeness (QED) is 0.610. The summed E-state index contributed by atoms with van der Waals surface area (Å²) in [5.41, 5.74) is -0.432. The van der Waals surface area contributed by atoms with E-state index in [0.717, 1.165) is 0 Å². The minimum absolute atomic E-state index is 0.103. The number of hydrogen-bond donors (Lipinski definition) is 0. The van der Waals surface area contributed by atoms with Gasteiger partial charge in [0.1, 0.15) is 0 Å². The minimum Gasteiger partial charge on any atom is -0.377 e. The molecule has 2 rings (SSSR count). The molecule has 0 bridgehead atoms. The highest BCUT2D eigenvalue weighted by atomic mass is 35.5. The fraction of sp³-hybridized carbons (Fsp3) is 0.333. The molecule has 0 radical (unpaired) electrons. The van der Waals surface area contributed by atoms with Gasteiger partial charge in [0, 0.05) is 30.7 Å². The SMILES string of the molecule is CN(C)c1cccc(C2C=C(Cl)C(Cl)=C(Cl)C2)c1C(F)(F)F. The smallest absolute Gasteiger partial charge is 0.377 e. The van der Waals surface area contributed by atoms with Crippen molar-refractivity contribution in [2.45, 2.75) is 18.5 Å². The van der Waals surface area contributed by atoms with Crippen molar-refractivity contribution in [1.29, 1.82) is 0 Å². The van der Waals surface area contributed by atoms with E-state index in [0.29, 0.717) is 0 Å². The van der Waals surface area contributed by atoms with E-state index in [1.54, 1.807) is 20.2 Å². The lowest BCUT2D eigenvalue weighted by Gasteiger charge is -2.26. The average molecular weight is 371 g/mol. The van der Waals surface area contributed by atoms with Crippen LogP contribution in [0.5, 0.6) is 0 Å². The molecule has 1 atom stereocenters. The van der Waals surface area contributed by atoms with Crippen molar-refractivity contribution < 1.29 is 13.2 Å². The molecule has 0 saturated carbocycles. The maximum Gasteiger partial charge on any atom is 0.418 e. The molecule has 0 saturated heterocycles. The highest BCUT2D eigenvalue weighted by molar-refractivity contribution is 6.48. The van der Waals surface area contributed by atoms with E-state index in [4.69, 9.17) is 34.8 Å². The Kier molecular flexibility index (Phi) is 5.05. The van der Waals surface area contributed by atoms with Gasteiger partial charge < -0.3 is 4.90 Å². The van der Waals surface area contributed by atoms with Gasteiger partial charge in [-0.15, -0.1) is 0 Å². The number of halogens is 6. The van der Waals surface area contributed by atoms with E-state index < -0.39 is 17.7 Å². The zero-order valence-corrected chi connectivity index (χ0v) is 14.1. The number of rotatable bonds is 2. The molecule has 0 fully saturated rings. The Morgan fingerprint density at radius 1 is 1.14 bits per heavy atom. The topological polar surface area (TPSA) is 3.24 Å². The van der Waals surface area contributed by atoms with Crippen LogP contribution >= 0.6 is 34.8 Å². The number of hydrogen-bond acceptors (Lipinski definition) is 1. The normalized spacial score (nSPS) is 19.3. The summed E-state index contributed by atoms with van der Waals surface area (Å²) in [5.74, 6) is -0.570. The molecule has 0 spiro atoms. The summed E-state index contributed by atoms with van der Waals surface area (Å²) in [5, 5.41) is 0.630. The van der Waals surface area contributed by atoms with E-state index in [9.17, 15) is 13.2 Å². The van der Waals surface area contributed by atoms with Crippen molar-refractivity contribution in [3.8, 4) is 0 Å². The summed E-state index contributed by atoms with van der Waals surface area (Å²) in [7, 11) is 3.14. The third-order valence-corrected chi connectivity index (χ3v) is 4.72. The van der Waals surface area contributed by atoms with Gasteiger partial charge in [0.2, 0.25) is 0 Å². The lowest BCUT2D eigenvalue weighted by Crippen LogP contribution is -2.20. The largest absolute Gasteiger partial charge is 0.418 e. The molecule has 1 nitrogen and oxygen atoms in total. The van der Waals surface area contributed by atoms with Crippen LogP contribution in [0.3, 0.4) is 0 Å².